The topological polar surface area (TPSA) is 46.9 Å². The minimum atomic E-state index is -0.0345. The molecule has 2 heterocycles. The van der Waals surface area contributed by atoms with Crippen LogP contribution in [0.25, 0.3) is 16.5 Å². The molecule has 0 spiro atoms. The molecule has 5 rings (SSSR count). The van der Waals surface area contributed by atoms with Gasteiger partial charge in [-0.15, -0.1) is 0 Å². The third-order valence-electron chi connectivity index (χ3n) is 5.07. The van der Waals surface area contributed by atoms with E-state index in [0.29, 0.717) is 17.3 Å². The number of aromatic nitrogens is 2. The summed E-state index contributed by atoms with van der Waals surface area (Å²) in [6, 6.07) is 22.0. The van der Waals surface area contributed by atoms with Gasteiger partial charge in [-0.25, -0.2) is 4.68 Å². The molecule has 1 N–H and O–H groups in total. The molecule has 1 amide bonds. The summed E-state index contributed by atoms with van der Waals surface area (Å²) in [7, 11) is 0. The van der Waals surface area contributed by atoms with Crippen LogP contribution in [0.4, 0.5) is 5.82 Å². The van der Waals surface area contributed by atoms with Crippen molar-refractivity contribution in [2.45, 2.75) is 12.3 Å². The summed E-state index contributed by atoms with van der Waals surface area (Å²) in [5.74, 6) is 0.670. The summed E-state index contributed by atoms with van der Waals surface area (Å²) in [4.78, 5) is 12.5. The molecule has 0 radical (unpaired) electrons. The molecule has 4 nitrogen and oxygen atoms in total. The average Bonchev–Trinajstić information content (AvgIpc) is 3.10. The Labute approximate surface area is 161 Å². The van der Waals surface area contributed by atoms with Gasteiger partial charge in [-0.3, -0.25) is 4.79 Å². The highest BCUT2D eigenvalue weighted by Crippen LogP contribution is 2.40. The van der Waals surface area contributed by atoms with Crippen molar-refractivity contribution in [3.63, 3.8) is 0 Å². The molecular formula is C22H16ClN3O. The highest BCUT2D eigenvalue weighted by atomic mass is 35.5. The van der Waals surface area contributed by atoms with E-state index < -0.39 is 0 Å². The van der Waals surface area contributed by atoms with Crippen LogP contribution in [-0.2, 0) is 4.79 Å². The monoisotopic (exact) mass is 373 g/mol. The van der Waals surface area contributed by atoms with Crippen molar-refractivity contribution in [1.29, 1.82) is 0 Å². The van der Waals surface area contributed by atoms with Gasteiger partial charge >= 0.3 is 0 Å². The van der Waals surface area contributed by atoms with Crippen molar-refractivity contribution < 1.29 is 4.79 Å². The standard InChI is InChI=1S/C22H16ClN3O/c23-15-7-4-8-16(11-15)26-22-20(13-24-26)19(12-21(27)25-22)18-10-3-6-14-5-1-2-9-17(14)18/h1-11,13,19H,12H2,(H,25,27). The second kappa shape index (κ2) is 6.25. The number of fused-ring (bicyclic) bond motifs is 2. The Hall–Kier alpha value is -3.11. The number of carbonyl (C=O) groups is 1. The number of hydrogen-bond acceptors (Lipinski definition) is 2. The number of nitrogens with zero attached hydrogens (tertiary/aromatic N) is 2. The van der Waals surface area contributed by atoms with Crippen LogP contribution in [0.15, 0.2) is 72.9 Å². The fourth-order valence-electron chi connectivity index (χ4n) is 3.86. The maximum atomic E-state index is 12.5. The van der Waals surface area contributed by atoms with Crippen molar-refractivity contribution in [2.24, 2.45) is 0 Å². The lowest BCUT2D eigenvalue weighted by molar-refractivity contribution is -0.116. The van der Waals surface area contributed by atoms with E-state index in [-0.39, 0.29) is 11.8 Å². The Morgan fingerprint density at radius 2 is 1.81 bits per heavy atom. The second-order valence-electron chi connectivity index (χ2n) is 6.71. The minimum absolute atomic E-state index is 0.00999. The van der Waals surface area contributed by atoms with Gasteiger partial charge in [-0.2, -0.15) is 5.10 Å². The van der Waals surface area contributed by atoms with Crippen LogP contribution < -0.4 is 5.32 Å². The summed E-state index contributed by atoms with van der Waals surface area (Å²) in [6.07, 6.45) is 2.25. The third kappa shape index (κ3) is 2.69. The molecule has 1 aromatic heterocycles. The van der Waals surface area contributed by atoms with Crippen LogP contribution in [-0.4, -0.2) is 15.7 Å². The van der Waals surface area contributed by atoms with Gasteiger partial charge in [0, 0.05) is 22.9 Å². The number of hydrogen-bond donors (Lipinski definition) is 1. The maximum absolute atomic E-state index is 12.5. The first-order valence-corrected chi connectivity index (χ1v) is 9.20. The number of amides is 1. The van der Waals surface area contributed by atoms with Crippen molar-refractivity contribution in [3.8, 4) is 5.69 Å². The van der Waals surface area contributed by atoms with E-state index in [2.05, 4.69) is 34.7 Å². The molecule has 5 heteroatoms. The Balaban J connectivity index is 1.69. The van der Waals surface area contributed by atoms with E-state index in [1.807, 2.05) is 48.7 Å². The molecule has 0 fully saturated rings. The predicted octanol–water partition coefficient (Wildman–Crippen LogP) is 5.15. The summed E-state index contributed by atoms with van der Waals surface area (Å²) < 4.78 is 1.75. The van der Waals surface area contributed by atoms with Gasteiger partial charge in [-0.05, 0) is 34.5 Å². The fraction of sp³-hybridized carbons (Fsp3) is 0.0909. The number of rotatable bonds is 2. The molecule has 27 heavy (non-hydrogen) atoms. The fourth-order valence-corrected chi connectivity index (χ4v) is 4.04. The van der Waals surface area contributed by atoms with E-state index in [1.165, 1.54) is 10.8 Å². The van der Waals surface area contributed by atoms with Gasteiger partial charge < -0.3 is 5.32 Å². The molecular weight excluding hydrogens is 358 g/mol. The maximum Gasteiger partial charge on any atom is 0.226 e. The largest absolute Gasteiger partial charge is 0.310 e. The van der Waals surface area contributed by atoms with E-state index >= 15 is 0 Å². The number of anilines is 1. The van der Waals surface area contributed by atoms with Gasteiger partial charge in [0.1, 0.15) is 5.82 Å². The van der Waals surface area contributed by atoms with Crippen LogP contribution in [0, 0.1) is 0 Å². The van der Waals surface area contributed by atoms with E-state index in [1.54, 1.807) is 4.68 Å². The smallest absolute Gasteiger partial charge is 0.226 e. The summed E-state index contributed by atoms with van der Waals surface area (Å²) in [5.41, 5.74) is 2.99. The highest BCUT2D eigenvalue weighted by Gasteiger charge is 2.31. The quantitative estimate of drug-likeness (QED) is 0.528. The molecule has 0 saturated carbocycles. The molecule has 0 bridgehead atoms. The molecule has 1 aliphatic rings. The minimum Gasteiger partial charge on any atom is -0.310 e. The van der Waals surface area contributed by atoms with Crippen molar-refractivity contribution in [3.05, 3.63) is 89.1 Å². The lowest BCUT2D eigenvalue weighted by Crippen LogP contribution is -2.24. The molecule has 132 valence electrons. The third-order valence-corrected chi connectivity index (χ3v) is 5.31. The molecule has 4 aromatic rings. The van der Waals surface area contributed by atoms with Crippen LogP contribution in [0.5, 0.6) is 0 Å². The molecule has 1 atom stereocenters. The summed E-state index contributed by atoms with van der Waals surface area (Å²) >= 11 is 6.14. The van der Waals surface area contributed by atoms with Gasteiger partial charge in [0.05, 0.1) is 11.9 Å². The SMILES string of the molecule is O=C1CC(c2cccc3ccccc23)c2cnn(-c3cccc(Cl)c3)c2N1. The lowest BCUT2D eigenvalue weighted by Gasteiger charge is -2.25. The van der Waals surface area contributed by atoms with E-state index in [9.17, 15) is 4.79 Å². The Morgan fingerprint density at radius 1 is 1.00 bits per heavy atom. The highest BCUT2D eigenvalue weighted by molar-refractivity contribution is 6.30. The van der Waals surface area contributed by atoms with Crippen LogP contribution in [0.2, 0.25) is 5.02 Å². The Kier molecular flexibility index (Phi) is 3.73. The first-order valence-electron chi connectivity index (χ1n) is 8.82. The van der Waals surface area contributed by atoms with Crippen LogP contribution in [0.3, 0.4) is 0 Å². The van der Waals surface area contributed by atoms with Crippen molar-refractivity contribution in [2.75, 3.05) is 5.32 Å². The van der Waals surface area contributed by atoms with Gasteiger partial charge in [0.15, 0.2) is 0 Å². The molecule has 0 saturated heterocycles. The first kappa shape index (κ1) is 16.1. The van der Waals surface area contributed by atoms with Gasteiger partial charge in [0.25, 0.3) is 0 Å². The van der Waals surface area contributed by atoms with Crippen molar-refractivity contribution >= 4 is 34.1 Å². The number of carbonyl (C=O) groups excluding carboxylic acids is 1. The van der Waals surface area contributed by atoms with Gasteiger partial charge in [-0.1, -0.05) is 60.1 Å². The number of nitrogens with one attached hydrogen (secondary N) is 1. The first-order chi connectivity index (χ1) is 13.2. The average molecular weight is 374 g/mol. The zero-order valence-electron chi connectivity index (χ0n) is 14.4. The molecule has 3 aromatic carbocycles. The van der Waals surface area contributed by atoms with E-state index in [4.69, 9.17) is 11.6 Å². The molecule has 0 aliphatic carbocycles. The second-order valence-corrected chi connectivity index (χ2v) is 7.15. The van der Waals surface area contributed by atoms with Crippen LogP contribution in [0.1, 0.15) is 23.5 Å². The number of benzene rings is 3. The molecule has 1 unspecified atom stereocenters. The predicted molar refractivity (Wildman–Crippen MR) is 108 cm³/mol. The van der Waals surface area contributed by atoms with Crippen LogP contribution >= 0.6 is 11.6 Å². The van der Waals surface area contributed by atoms with E-state index in [0.717, 1.165) is 16.8 Å². The Morgan fingerprint density at radius 3 is 2.70 bits per heavy atom. The molecule has 1 aliphatic heterocycles. The van der Waals surface area contributed by atoms with Gasteiger partial charge in [0.2, 0.25) is 5.91 Å². The van der Waals surface area contributed by atoms with Crippen molar-refractivity contribution in [1.82, 2.24) is 9.78 Å². The number of halogens is 1. The zero-order chi connectivity index (χ0) is 18.4. The summed E-state index contributed by atoms with van der Waals surface area (Å²) in [5, 5.41) is 10.5. The Bertz CT molecular complexity index is 1180. The lowest BCUT2D eigenvalue weighted by atomic mass is 9.84. The zero-order valence-corrected chi connectivity index (χ0v) is 15.1. The normalized spacial score (nSPS) is 16.2. The summed E-state index contributed by atoms with van der Waals surface area (Å²) in [6.45, 7) is 0.